The Morgan fingerprint density at radius 1 is 1.12 bits per heavy atom. The molecule has 1 aliphatic rings. The van der Waals surface area contributed by atoms with Crippen molar-refractivity contribution in [2.24, 2.45) is 0 Å². The van der Waals surface area contributed by atoms with Gasteiger partial charge < -0.3 is 18.7 Å². The highest BCUT2D eigenvalue weighted by atomic mass is 31.2. The summed E-state index contributed by atoms with van der Waals surface area (Å²) in [7, 11) is -3.63. The molecule has 188 valence electrons. The molecule has 0 radical (unpaired) electrons. The van der Waals surface area contributed by atoms with Gasteiger partial charge in [-0.2, -0.15) is 0 Å². The zero-order valence-electron chi connectivity index (χ0n) is 21.3. The zero-order chi connectivity index (χ0) is 24.6. The van der Waals surface area contributed by atoms with E-state index in [0.717, 1.165) is 30.4 Å². The van der Waals surface area contributed by atoms with Crippen molar-refractivity contribution in [1.29, 1.82) is 0 Å². The molecule has 1 aliphatic heterocycles. The van der Waals surface area contributed by atoms with Crippen LogP contribution in [0.25, 0.3) is 0 Å². The first-order valence-electron chi connectivity index (χ1n) is 12.2. The fourth-order valence-electron chi connectivity index (χ4n) is 3.66. The lowest BCUT2D eigenvalue weighted by Gasteiger charge is -2.29. The minimum atomic E-state index is -3.63. The molecule has 1 saturated heterocycles. The molecule has 1 N–H and O–H groups in total. The fraction of sp³-hybridized carbons (Fsp3) is 0.720. The number of rotatable bonds is 13. The number of ether oxygens (including phenoxy) is 3. The van der Waals surface area contributed by atoms with Crippen LogP contribution >= 0.6 is 7.52 Å². The molecule has 0 saturated carbocycles. The van der Waals surface area contributed by atoms with E-state index in [1.165, 1.54) is 0 Å². The molecule has 0 aromatic heterocycles. The van der Waals surface area contributed by atoms with Crippen LogP contribution in [0.3, 0.4) is 0 Å². The molecule has 7 nitrogen and oxygen atoms in total. The molecule has 3 unspecified atom stereocenters. The Kier molecular flexibility index (Phi) is 10.9. The van der Waals surface area contributed by atoms with Gasteiger partial charge in [-0.1, -0.05) is 45.9 Å². The smallest absolute Gasteiger partial charge is 0.342 e. The van der Waals surface area contributed by atoms with Gasteiger partial charge in [0.15, 0.2) is 0 Å². The van der Waals surface area contributed by atoms with Crippen molar-refractivity contribution in [3.8, 4) is 5.75 Å². The lowest BCUT2D eigenvalue weighted by Crippen LogP contribution is -2.37. The van der Waals surface area contributed by atoms with Crippen LogP contribution in [-0.2, 0) is 23.6 Å². The third-order valence-electron chi connectivity index (χ3n) is 6.07. The predicted octanol–water partition coefficient (Wildman–Crippen LogP) is 5.98. The standard InChI is InChI=1S/C25H42NO6P/c1-8-18(5)22-11-10-12-23(19(6)9-2)24(22)32-33(28,16-30-21-13-14-29-15-21)26-20(7)25(27)31-17(3)4/h10-12,17-21H,8-9,13-16H2,1-7H3,(H,26,28)/t18?,19?,20-,21-,33?/m0/s1. The number of esters is 1. The second kappa shape index (κ2) is 12.9. The summed E-state index contributed by atoms with van der Waals surface area (Å²) >= 11 is 0. The van der Waals surface area contributed by atoms with Gasteiger partial charge in [0.05, 0.1) is 18.8 Å². The van der Waals surface area contributed by atoms with E-state index < -0.39 is 19.5 Å². The second-order valence-corrected chi connectivity index (χ2v) is 11.3. The van der Waals surface area contributed by atoms with Crippen LogP contribution in [0, 0.1) is 0 Å². The normalized spacial score (nSPS) is 20.8. The number of carbonyl (C=O) groups excluding carboxylic acids is 1. The first kappa shape index (κ1) is 27.8. The molecule has 0 amide bonds. The quantitative estimate of drug-likeness (QED) is 0.273. The van der Waals surface area contributed by atoms with Gasteiger partial charge in [-0.25, -0.2) is 5.09 Å². The second-order valence-electron chi connectivity index (χ2n) is 9.27. The highest BCUT2D eigenvalue weighted by molar-refractivity contribution is 7.57. The van der Waals surface area contributed by atoms with E-state index in [1.54, 1.807) is 20.8 Å². The number of benzene rings is 1. The Morgan fingerprint density at radius 2 is 1.73 bits per heavy atom. The van der Waals surface area contributed by atoms with Crippen molar-refractivity contribution in [3.05, 3.63) is 29.3 Å². The number of nitrogens with one attached hydrogen (secondary N) is 1. The largest absolute Gasteiger partial charge is 0.462 e. The van der Waals surface area contributed by atoms with Crippen LogP contribution < -0.4 is 9.61 Å². The lowest BCUT2D eigenvalue weighted by atomic mass is 9.90. The highest BCUT2D eigenvalue weighted by Gasteiger charge is 2.35. The summed E-state index contributed by atoms with van der Waals surface area (Å²) in [6.07, 6.45) is 2.02. The van der Waals surface area contributed by atoms with Crippen LogP contribution in [-0.4, -0.2) is 43.8 Å². The van der Waals surface area contributed by atoms with Gasteiger partial charge >= 0.3 is 13.5 Å². The predicted molar refractivity (Wildman–Crippen MR) is 131 cm³/mol. The summed E-state index contributed by atoms with van der Waals surface area (Å²) in [5.41, 5.74) is 2.03. The number of carbonyl (C=O) groups is 1. The first-order chi connectivity index (χ1) is 15.6. The zero-order valence-corrected chi connectivity index (χ0v) is 22.2. The molecule has 33 heavy (non-hydrogen) atoms. The van der Waals surface area contributed by atoms with E-state index in [-0.39, 0.29) is 30.4 Å². The average Bonchev–Trinajstić information content (AvgIpc) is 3.30. The lowest BCUT2D eigenvalue weighted by molar-refractivity contribution is -0.149. The molecule has 0 bridgehead atoms. The molecule has 1 aromatic rings. The minimum absolute atomic E-state index is 0.138. The first-order valence-corrected chi connectivity index (χ1v) is 14.0. The molecule has 1 fully saturated rings. The van der Waals surface area contributed by atoms with Gasteiger partial charge in [0.25, 0.3) is 0 Å². The van der Waals surface area contributed by atoms with Gasteiger partial charge in [0.2, 0.25) is 0 Å². The molecule has 1 aromatic carbocycles. The van der Waals surface area contributed by atoms with E-state index in [1.807, 2.05) is 18.2 Å². The van der Waals surface area contributed by atoms with Crippen molar-refractivity contribution in [1.82, 2.24) is 5.09 Å². The van der Waals surface area contributed by atoms with E-state index in [4.69, 9.17) is 18.7 Å². The van der Waals surface area contributed by atoms with Gasteiger partial charge in [-0.3, -0.25) is 9.36 Å². The topological polar surface area (TPSA) is 83.1 Å². The van der Waals surface area contributed by atoms with Crippen LogP contribution in [0.15, 0.2) is 18.2 Å². The molecule has 2 rings (SSSR count). The van der Waals surface area contributed by atoms with Gasteiger partial charge in [-0.05, 0) is 63.0 Å². The van der Waals surface area contributed by atoms with E-state index in [9.17, 15) is 9.36 Å². The summed E-state index contributed by atoms with van der Waals surface area (Å²) in [4.78, 5) is 12.5. The Hall–Kier alpha value is -1.40. The fourth-order valence-corrected chi connectivity index (χ4v) is 5.45. The maximum absolute atomic E-state index is 14.2. The number of para-hydroxylation sites is 1. The van der Waals surface area contributed by atoms with Crippen LogP contribution in [0.2, 0.25) is 0 Å². The third kappa shape index (κ3) is 8.10. The minimum Gasteiger partial charge on any atom is -0.462 e. The Morgan fingerprint density at radius 3 is 2.21 bits per heavy atom. The Labute approximate surface area is 199 Å². The molecular weight excluding hydrogens is 441 g/mol. The van der Waals surface area contributed by atoms with Crippen molar-refractivity contribution in [2.75, 3.05) is 19.6 Å². The third-order valence-corrected chi connectivity index (χ3v) is 7.81. The van der Waals surface area contributed by atoms with E-state index >= 15 is 0 Å². The van der Waals surface area contributed by atoms with E-state index in [0.29, 0.717) is 19.0 Å². The summed E-state index contributed by atoms with van der Waals surface area (Å²) in [6.45, 7) is 14.8. The van der Waals surface area contributed by atoms with Gasteiger partial charge in [-0.15, -0.1) is 0 Å². The summed E-state index contributed by atoms with van der Waals surface area (Å²) < 4.78 is 37.1. The van der Waals surface area contributed by atoms with Crippen molar-refractivity contribution in [3.63, 3.8) is 0 Å². The Balaban J connectivity index is 2.40. The average molecular weight is 484 g/mol. The Bertz CT molecular complexity index is 780. The molecular formula is C25H42NO6P. The van der Waals surface area contributed by atoms with Gasteiger partial charge in [0.1, 0.15) is 18.1 Å². The van der Waals surface area contributed by atoms with Crippen molar-refractivity contribution >= 4 is 13.5 Å². The van der Waals surface area contributed by atoms with Crippen LogP contribution in [0.4, 0.5) is 0 Å². The number of hydrogen-bond acceptors (Lipinski definition) is 6. The maximum atomic E-state index is 14.2. The SMILES string of the molecule is CCC(C)c1cccc(C(C)CC)c1OP(=O)(CO[C@H]1CCOC1)N[C@@H](C)C(=O)OC(C)C. The molecule has 8 heteroatoms. The summed E-state index contributed by atoms with van der Waals surface area (Å²) in [6, 6.07) is 5.27. The van der Waals surface area contributed by atoms with Crippen LogP contribution in [0.5, 0.6) is 5.75 Å². The van der Waals surface area contributed by atoms with Crippen LogP contribution in [0.1, 0.15) is 90.7 Å². The summed E-state index contributed by atoms with van der Waals surface area (Å²) in [5.74, 6) is 0.609. The monoisotopic (exact) mass is 483 g/mol. The molecule has 5 atom stereocenters. The molecule has 1 heterocycles. The molecule has 0 spiro atoms. The number of hydrogen-bond donors (Lipinski definition) is 1. The summed E-state index contributed by atoms with van der Waals surface area (Å²) in [5, 5.41) is 2.93. The van der Waals surface area contributed by atoms with E-state index in [2.05, 4.69) is 32.8 Å². The van der Waals surface area contributed by atoms with Gasteiger partial charge in [0, 0.05) is 6.61 Å². The van der Waals surface area contributed by atoms with Crippen molar-refractivity contribution in [2.45, 2.75) is 97.8 Å². The highest BCUT2D eigenvalue weighted by Crippen LogP contribution is 2.49. The molecule has 0 aliphatic carbocycles. The van der Waals surface area contributed by atoms with Crippen molar-refractivity contribution < 1.29 is 28.1 Å². The maximum Gasteiger partial charge on any atom is 0.342 e.